The molecule has 0 bridgehead atoms. The van der Waals surface area contributed by atoms with Crippen LogP contribution in [0.5, 0.6) is 5.75 Å². The highest BCUT2D eigenvalue weighted by Gasteiger charge is 2.44. The Kier molecular flexibility index (Phi) is 7.07. The number of likely N-dealkylation sites (tertiary alicyclic amines) is 1. The summed E-state index contributed by atoms with van der Waals surface area (Å²) in [5.41, 5.74) is 0.916. The van der Waals surface area contributed by atoms with Crippen LogP contribution in [-0.4, -0.2) is 48.1 Å². The van der Waals surface area contributed by atoms with Gasteiger partial charge >= 0.3 is 0 Å². The molecule has 0 spiro atoms. The maximum atomic E-state index is 13.2. The summed E-state index contributed by atoms with van der Waals surface area (Å²) in [6, 6.07) is 20.9. The molecule has 7 heteroatoms. The van der Waals surface area contributed by atoms with Crippen LogP contribution in [0.25, 0.3) is 11.3 Å². The van der Waals surface area contributed by atoms with Crippen molar-refractivity contribution in [1.29, 1.82) is 0 Å². The van der Waals surface area contributed by atoms with E-state index in [0.29, 0.717) is 44.0 Å². The normalized spacial score (nSPS) is 18.0. The van der Waals surface area contributed by atoms with E-state index < -0.39 is 5.41 Å². The SMILES string of the molecule is CCNC(=O)[C@]1(Cc2cc(-c3ccccc3)no2)CCCN(C(=O)COc2ccccc2)C1. The van der Waals surface area contributed by atoms with Crippen LogP contribution in [0, 0.1) is 5.41 Å². The third-order valence-corrected chi connectivity index (χ3v) is 6.00. The fourth-order valence-electron chi connectivity index (χ4n) is 4.33. The molecule has 2 amide bonds. The minimum Gasteiger partial charge on any atom is -0.484 e. The smallest absolute Gasteiger partial charge is 0.260 e. The molecule has 1 aliphatic rings. The molecule has 1 aromatic heterocycles. The zero-order chi connectivity index (χ0) is 23.1. The van der Waals surface area contributed by atoms with Gasteiger partial charge in [0.25, 0.3) is 5.91 Å². The second-order valence-electron chi connectivity index (χ2n) is 8.38. The van der Waals surface area contributed by atoms with E-state index in [9.17, 15) is 9.59 Å². The Labute approximate surface area is 193 Å². The van der Waals surface area contributed by atoms with Gasteiger partial charge in [-0.25, -0.2) is 0 Å². The topological polar surface area (TPSA) is 84.7 Å². The van der Waals surface area contributed by atoms with E-state index in [0.717, 1.165) is 17.7 Å². The average Bonchev–Trinajstić information content (AvgIpc) is 3.32. The molecular weight excluding hydrogens is 418 g/mol. The fourth-order valence-corrected chi connectivity index (χ4v) is 4.33. The van der Waals surface area contributed by atoms with E-state index in [-0.39, 0.29) is 18.4 Å². The molecule has 2 heterocycles. The number of aromatic nitrogens is 1. The highest BCUT2D eigenvalue weighted by atomic mass is 16.5. The molecule has 7 nitrogen and oxygen atoms in total. The fraction of sp³-hybridized carbons (Fsp3) is 0.346. The minimum atomic E-state index is -0.774. The summed E-state index contributed by atoms with van der Waals surface area (Å²) in [6.45, 7) is 3.28. The molecule has 1 fully saturated rings. The van der Waals surface area contributed by atoms with Crippen LogP contribution in [0.1, 0.15) is 25.5 Å². The predicted octanol–water partition coefficient (Wildman–Crippen LogP) is 3.71. The van der Waals surface area contributed by atoms with Crippen LogP contribution in [0.2, 0.25) is 0 Å². The van der Waals surface area contributed by atoms with Crippen LogP contribution in [-0.2, 0) is 16.0 Å². The highest BCUT2D eigenvalue weighted by Crippen LogP contribution is 2.35. The van der Waals surface area contributed by atoms with E-state index in [1.165, 1.54) is 0 Å². The van der Waals surface area contributed by atoms with Crippen molar-refractivity contribution >= 4 is 11.8 Å². The van der Waals surface area contributed by atoms with Gasteiger partial charge in [-0.1, -0.05) is 53.7 Å². The standard InChI is InChI=1S/C26H29N3O4/c1-2-27-25(31)26(17-22-16-23(28-33-22)20-10-5-3-6-11-20)14-9-15-29(19-26)24(30)18-32-21-12-7-4-8-13-21/h3-8,10-13,16H,2,9,14-15,17-19H2,1H3,(H,27,31)/t26-/m0/s1. The Morgan fingerprint density at radius 3 is 2.58 bits per heavy atom. The summed E-state index contributed by atoms with van der Waals surface area (Å²) < 4.78 is 11.3. The Bertz CT molecular complexity index is 1070. The number of benzene rings is 2. The Morgan fingerprint density at radius 2 is 1.85 bits per heavy atom. The van der Waals surface area contributed by atoms with E-state index >= 15 is 0 Å². The van der Waals surface area contributed by atoms with Gasteiger partial charge in [-0.15, -0.1) is 0 Å². The van der Waals surface area contributed by atoms with Gasteiger partial charge in [0, 0.05) is 37.7 Å². The molecule has 4 rings (SSSR count). The van der Waals surface area contributed by atoms with Gasteiger partial charge in [-0.3, -0.25) is 9.59 Å². The molecule has 1 atom stereocenters. The Hall–Kier alpha value is -3.61. The van der Waals surface area contributed by atoms with Crippen LogP contribution in [0.15, 0.2) is 71.3 Å². The quantitative estimate of drug-likeness (QED) is 0.569. The predicted molar refractivity (Wildman–Crippen MR) is 125 cm³/mol. The molecule has 0 aliphatic carbocycles. The summed E-state index contributed by atoms with van der Waals surface area (Å²) in [5, 5.41) is 7.16. The molecule has 1 saturated heterocycles. The highest BCUT2D eigenvalue weighted by molar-refractivity contribution is 5.85. The molecular formula is C26H29N3O4. The summed E-state index contributed by atoms with van der Waals surface area (Å²) in [5.74, 6) is 1.09. The summed E-state index contributed by atoms with van der Waals surface area (Å²) in [4.78, 5) is 27.9. The number of nitrogens with zero attached hydrogens (tertiary/aromatic N) is 2. The van der Waals surface area contributed by atoms with Crippen molar-refractivity contribution < 1.29 is 18.8 Å². The maximum Gasteiger partial charge on any atom is 0.260 e. The molecule has 33 heavy (non-hydrogen) atoms. The number of nitrogens with one attached hydrogen (secondary N) is 1. The van der Waals surface area contributed by atoms with Gasteiger partial charge in [0.05, 0.1) is 5.41 Å². The molecule has 1 N–H and O–H groups in total. The lowest BCUT2D eigenvalue weighted by Gasteiger charge is -2.41. The third kappa shape index (κ3) is 5.42. The van der Waals surface area contributed by atoms with E-state index in [1.54, 1.807) is 4.90 Å². The van der Waals surface area contributed by atoms with Crippen molar-refractivity contribution in [3.8, 4) is 17.0 Å². The summed E-state index contributed by atoms with van der Waals surface area (Å²) in [7, 11) is 0. The first-order valence-corrected chi connectivity index (χ1v) is 11.3. The molecule has 0 radical (unpaired) electrons. The van der Waals surface area contributed by atoms with Crippen LogP contribution in [0.3, 0.4) is 0 Å². The van der Waals surface area contributed by atoms with E-state index in [4.69, 9.17) is 9.26 Å². The third-order valence-electron chi connectivity index (χ3n) is 6.00. The number of hydrogen-bond acceptors (Lipinski definition) is 5. The molecule has 2 aromatic carbocycles. The van der Waals surface area contributed by atoms with Crippen LogP contribution >= 0.6 is 0 Å². The second kappa shape index (κ2) is 10.3. The van der Waals surface area contributed by atoms with Crippen LogP contribution < -0.4 is 10.1 Å². The number of amides is 2. The first kappa shape index (κ1) is 22.6. The number of carbonyl (C=O) groups excluding carboxylic acids is 2. The number of piperidine rings is 1. The van der Waals surface area contributed by atoms with Crippen molar-refractivity contribution in [3.63, 3.8) is 0 Å². The van der Waals surface area contributed by atoms with E-state index in [1.807, 2.05) is 73.7 Å². The zero-order valence-electron chi connectivity index (χ0n) is 18.8. The van der Waals surface area contributed by atoms with Crippen molar-refractivity contribution in [2.24, 2.45) is 5.41 Å². The molecule has 1 aliphatic heterocycles. The zero-order valence-corrected chi connectivity index (χ0v) is 18.8. The minimum absolute atomic E-state index is 0.0596. The monoisotopic (exact) mass is 447 g/mol. The summed E-state index contributed by atoms with van der Waals surface area (Å²) >= 11 is 0. The van der Waals surface area contributed by atoms with Gasteiger partial charge < -0.3 is 19.5 Å². The average molecular weight is 448 g/mol. The van der Waals surface area contributed by atoms with Crippen molar-refractivity contribution in [2.45, 2.75) is 26.2 Å². The van der Waals surface area contributed by atoms with Gasteiger partial charge in [0.2, 0.25) is 5.91 Å². The van der Waals surface area contributed by atoms with Gasteiger partial charge in [-0.05, 0) is 31.9 Å². The van der Waals surface area contributed by atoms with E-state index in [2.05, 4.69) is 10.5 Å². The first-order chi connectivity index (χ1) is 16.1. The van der Waals surface area contributed by atoms with Crippen molar-refractivity contribution in [2.75, 3.05) is 26.2 Å². The number of ether oxygens (including phenoxy) is 1. The van der Waals surface area contributed by atoms with Crippen LogP contribution in [0.4, 0.5) is 0 Å². The van der Waals surface area contributed by atoms with Crippen molar-refractivity contribution in [1.82, 2.24) is 15.4 Å². The Balaban J connectivity index is 1.49. The molecule has 3 aromatic rings. The molecule has 0 unspecified atom stereocenters. The lowest BCUT2D eigenvalue weighted by Crippen LogP contribution is -2.55. The molecule has 172 valence electrons. The second-order valence-corrected chi connectivity index (χ2v) is 8.38. The summed E-state index contributed by atoms with van der Waals surface area (Å²) in [6.07, 6.45) is 1.78. The maximum absolute atomic E-state index is 13.2. The molecule has 0 saturated carbocycles. The van der Waals surface area contributed by atoms with Gasteiger partial charge in [0.15, 0.2) is 6.61 Å². The largest absolute Gasteiger partial charge is 0.484 e. The Morgan fingerprint density at radius 1 is 1.12 bits per heavy atom. The lowest BCUT2D eigenvalue weighted by atomic mass is 9.75. The van der Waals surface area contributed by atoms with Gasteiger partial charge in [0.1, 0.15) is 17.2 Å². The number of carbonyl (C=O) groups is 2. The number of hydrogen-bond donors (Lipinski definition) is 1. The van der Waals surface area contributed by atoms with Gasteiger partial charge in [-0.2, -0.15) is 0 Å². The van der Waals surface area contributed by atoms with Crippen molar-refractivity contribution in [3.05, 3.63) is 72.5 Å². The number of para-hydroxylation sites is 1. The first-order valence-electron chi connectivity index (χ1n) is 11.3. The number of rotatable bonds is 8. The lowest BCUT2D eigenvalue weighted by molar-refractivity contribution is -0.143.